The second kappa shape index (κ2) is 6.57. The summed E-state index contributed by atoms with van der Waals surface area (Å²) in [5, 5.41) is 3.29. The van der Waals surface area contributed by atoms with Crippen molar-refractivity contribution in [1.82, 2.24) is 15.1 Å². The first-order valence-corrected chi connectivity index (χ1v) is 7.89. The van der Waals surface area contributed by atoms with Crippen molar-refractivity contribution in [1.29, 1.82) is 0 Å². The zero-order valence-corrected chi connectivity index (χ0v) is 12.9. The molecular formula is C15H27N3O2. The first kappa shape index (κ1) is 15.3. The second-order valence-corrected chi connectivity index (χ2v) is 6.00. The fourth-order valence-corrected chi connectivity index (χ4v) is 3.38. The molecule has 5 heteroatoms. The molecule has 2 amide bonds. The van der Waals surface area contributed by atoms with E-state index < -0.39 is 0 Å². The number of nitrogens with one attached hydrogen (secondary N) is 1. The third kappa shape index (κ3) is 2.97. The van der Waals surface area contributed by atoms with Gasteiger partial charge in [0.1, 0.15) is 0 Å². The molecule has 2 atom stereocenters. The quantitative estimate of drug-likeness (QED) is 0.831. The van der Waals surface area contributed by atoms with Crippen molar-refractivity contribution in [2.75, 3.05) is 26.2 Å². The largest absolute Gasteiger partial charge is 0.339 e. The Morgan fingerprint density at radius 1 is 1.40 bits per heavy atom. The highest BCUT2D eigenvalue weighted by Gasteiger charge is 2.39. The maximum absolute atomic E-state index is 12.6. The molecule has 0 aromatic rings. The molecule has 1 N–H and O–H groups in total. The number of amides is 2. The van der Waals surface area contributed by atoms with E-state index in [1.807, 2.05) is 9.80 Å². The maximum atomic E-state index is 12.6. The summed E-state index contributed by atoms with van der Waals surface area (Å²) < 4.78 is 0. The first-order valence-electron chi connectivity index (χ1n) is 7.89. The van der Waals surface area contributed by atoms with Crippen LogP contribution in [0.5, 0.6) is 0 Å². The number of piperazine rings is 1. The van der Waals surface area contributed by atoms with Crippen LogP contribution in [0.3, 0.4) is 0 Å². The summed E-state index contributed by atoms with van der Waals surface area (Å²) in [6.45, 7) is 9.36. The smallest absolute Gasteiger partial charge is 0.228 e. The zero-order valence-electron chi connectivity index (χ0n) is 12.9. The van der Waals surface area contributed by atoms with Crippen molar-refractivity contribution in [2.45, 2.75) is 52.1 Å². The average molecular weight is 281 g/mol. The van der Waals surface area contributed by atoms with Gasteiger partial charge in [-0.1, -0.05) is 13.8 Å². The lowest BCUT2D eigenvalue weighted by atomic mass is 10.0. The number of hydrogen-bond acceptors (Lipinski definition) is 3. The predicted octanol–water partition coefficient (Wildman–Crippen LogP) is 0.844. The van der Waals surface area contributed by atoms with Gasteiger partial charge in [-0.3, -0.25) is 9.59 Å². The Hall–Kier alpha value is -1.10. The molecule has 0 aliphatic carbocycles. The summed E-state index contributed by atoms with van der Waals surface area (Å²) >= 11 is 0. The molecule has 0 aromatic heterocycles. The van der Waals surface area contributed by atoms with Gasteiger partial charge < -0.3 is 15.1 Å². The van der Waals surface area contributed by atoms with Crippen molar-refractivity contribution in [3.8, 4) is 0 Å². The molecule has 2 aliphatic heterocycles. The Kier molecular flexibility index (Phi) is 5.02. The average Bonchev–Trinajstić information content (AvgIpc) is 2.82. The van der Waals surface area contributed by atoms with Gasteiger partial charge in [-0.25, -0.2) is 0 Å². The molecule has 0 radical (unpaired) electrons. The molecular weight excluding hydrogens is 254 g/mol. The number of hydrogen-bond donors (Lipinski definition) is 1. The Bertz CT molecular complexity index is 368. The fourth-order valence-electron chi connectivity index (χ4n) is 3.38. The van der Waals surface area contributed by atoms with Crippen molar-refractivity contribution < 1.29 is 9.59 Å². The van der Waals surface area contributed by atoms with Crippen LogP contribution in [0.4, 0.5) is 0 Å². The van der Waals surface area contributed by atoms with E-state index in [9.17, 15) is 9.59 Å². The van der Waals surface area contributed by atoms with Crippen molar-refractivity contribution in [3.63, 3.8) is 0 Å². The third-order valence-electron chi connectivity index (χ3n) is 4.68. The zero-order chi connectivity index (χ0) is 14.7. The van der Waals surface area contributed by atoms with Gasteiger partial charge >= 0.3 is 0 Å². The van der Waals surface area contributed by atoms with Crippen molar-refractivity contribution in [2.24, 2.45) is 5.92 Å². The van der Waals surface area contributed by atoms with Crippen LogP contribution in [0.25, 0.3) is 0 Å². The van der Waals surface area contributed by atoms with E-state index in [1.165, 1.54) is 0 Å². The minimum Gasteiger partial charge on any atom is -0.339 e. The molecule has 5 nitrogen and oxygen atoms in total. The van der Waals surface area contributed by atoms with Crippen LogP contribution in [0.1, 0.15) is 40.0 Å². The Morgan fingerprint density at radius 3 is 2.70 bits per heavy atom. The highest BCUT2D eigenvalue weighted by Crippen LogP contribution is 2.25. The van der Waals surface area contributed by atoms with Crippen LogP contribution in [0.15, 0.2) is 0 Å². The molecule has 2 unspecified atom stereocenters. The van der Waals surface area contributed by atoms with Gasteiger partial charge in [0.25, 0.3) is 0 Å². The van der Waals surface area contributed by atoms with Gasteiger partial charge in [0.2, 0.25) is 11.8 Å². The van der Waals surface area contributed by atoms with Crippen LogP contribution >= 0.6 is 0 Å². The molecule has 0 saturated carbocycles. The molecule has 2 aliphatic rings. The lowest BCUT2D eigenvalue weighted by molar-refractivity contribution is -0.138. The van der Waals surface area contributed by atoms with E-state index in [2.05, 4.69) is 26.1 Å². The van der Waals surface area contributed by atoms with Gasteiger partial charge in [0.05, 0.1) is 5.92 Å². The highest BCUT2D eigenvalue weighted by molar-refractivity contribution is 5.89. The molecule has 20 heavy (non-hydrogen) atoms. The monoisotopic (exact) mass is 281 g/mol. The highest BCUT2D eigenvalue weighted by atomic mass is 16.2. The van der Waals surface area contributed by atoms with Gasteiger partial charge in [0.15, 0.2) is 0 Å². The number of likely N-dealkylation sites (tertiary alicyclic amines) is 1. The topological polar surface area (TPSA) is 52.7 Å². The second-order valence-electron chi connectivity index (χ2n) is 6.00. The van der Waals surface area contributed by atoms with E-state index in [0.717, 1.165) is 32.5 Å². The van der Waals surface area contributed by atoms with Crippen LogP contribution in [-0.2, 0) is 9.59 Å². The maximum Gasteiger partial charge on any atom is 0.228 e. The van der Waals surface area contributed by atoms with Crippen molar-refractivity contribution >= 4 is 11.8 Å². The predicted molar refractivity (Wildman–Crippen MR) is 78.2 cm³/mol. The fraction of sp³-hybridized carbons (Fsp3) is 0.867. The van der Waals surface area contributed by atoms with Crippen LogP contribution in [0.2, 0.25) is 0 Å². The molecule has 2 fully saturated rings. The summed E-state index contributed by atoms with van der Waals surface area (Å²) in [7, 11) is 0. The van der Waals surface area contributed by atoms with Gasteiger partial charge in [-0.2, -0.15) is 0 Å². The molecule has 0 bridgehead atoms. The number of rotatable bonds is 4. The summed E-state index contributed by atoms with van der Waals surface area (Å²) in [5.74, 6) is 0.185. The Labute approximate surface area is 121 Å². The van der Waals surface area contributed by atoms with Gasteiger partial charge in [-0.05, 0) is 19.8 Å². The van der Waals surface area contributed by atoms with E-state index in [-0.39, 0.29) is 23.8 Å². The van der Waals surface area contributed by atoms with Crippen molar-refractivity contribution in [3.05, 3.63) is 0 Å². The third-order valence-corrected chi connectivity index (χ3v) is 4.68. The SMILES string of the molecule is CCC(CC)N1CC(C(=O)N2CCNCC2C)CC1=O. The van der Waals surface area contributed by atoms with Gasteiger partial charge in [-0.15, -0.1) is 0 Å². The molecule has 2 saturated heterocycles. The van der Waals surface area contributed by atoms with E-state index >= 15 is 0 Å². The Balaban J connectivity index is 2.00. The molecule has 0 spiro atoms. The normalized spacial score (nSPS) is 27.5. The van der Waals surface area contributed by atoms with E-state index in [0.29, 0.717) is 19.0 Å². The van der Waals surface area contributed by atoms with Crippen LogP contribution in [-0.4, -0.2) is 59.9 Å². The standard InChI is InChI=1S/C15H27N3O2/c1-4-13(5-2)18-10-12(8-14(18)19)15(20)17-7-6-16-9-11(17)3/h11-13,16H,4-10H2,1-3H3. The molecule has 2 heterocycles. The molecule has 2 rings (SSSR count). The summed E-state index contributed by atoms with van der Waals surface area (Å²) in [6, 6.07) is 0.522. The lowest BCUT2D eigenvalue weighted by Gasteiger charge is -2.35. The molecule has 114 valence electrons. The minimum absolute atomic E-state index is 0.136. The molecule has 0 aromatic carbocycles. The van der Waals surface area contributed by atoms with Gasteiger partial charge in [0, 0.05) is 44.7 Å². The van der Waals surface area contributed by atoms with E-state index in [1.54, 1.807) is 0 Å². The number of carbonyl (C=O) groups excluding carboxylic acids is 2. The van der Waals surface area contributed by atoms with Crippen LogP contribution < -0.4 is 5.32 Å². The minimum atomic E-state index is -0.136. The summed E-state index contributed by atoms with van der Waals surface area (Å²) in [6.07, 6.45) is 2.33. The van der Waals surface area contributed by atoms with E-state index in [4.69, 9.17) is 0 Å². The first-order chi connectivity index (χ1) is 9.58. The number of carbonyl (C=O) groups is 2. The lowest BCUT2D eigenvalue weighted by Crippen LogP contribution is -2.54. The number of nitrogens with zero attached hydrogens (tertiary/aromatic N) is 2. The Morgan fingerprint density at radius 2 is 2.10 bits per heavy atom. The summed E-state index contributed by atoms with van der Waals surface area (Å²) in [5.41, 5.74) is 0. The summed E-state index contributed by atoms with van der Waals surface area (Å²) in [4.78, 5) is 28.7. The van der Waals surface area contributed by atoms with Crippen LogP contribution in [0, 0.1) is 5.92 Å².